The Morgan fingerprint density at radius 1 is 1.12 bits per heavy atom. The van der Waals surface area contributed by atoms with Crippen LogP contribution in [0.5, 0.6) is 11.6 Å². The van der Waals surface area contributed by atoms with Crippen molar-refractivity contribution < 1.29 is 9.47 Å². The summed E-state index contributed by atoms with van der Waals surface area (Å²) in [7, 11) is 5.32. The fourth-order valence-corrected chi connectivity index (χ4v) is 2.52. The summed E-state index contributed by atoms with van der Waals surface area (Å²) in [6.07, 6.45) is 1.71. The van der Waals surface area contributed by atoms with Gasteiger partial charge in [-0.15, -0.1) is 24.0 Å². The number of ether oxygens (including phenoxy) is 2. The summed E-state index contributed by atoms with van der Waals surface area (Å²) >= 11 is 0. The van der Waals surface area contributed by atoms with Crippen LogP contribution in [0, 0.1) is 0 Å². The Hall–Kier alpha value is -2.03. The first-order valence-corrected chi connectivity index (χ1v) is 8.28. The first-order valence-electron chi connectivity index (χ1n) is 8.28. The molecule has 7 heteroatoms. The fourth-order valence-electron chi connectivity index (χ4n) is 2.52. The van der Waals surface area contributed by atoms with Crippen LogP contribution in [-0.2, 0) is 13.1 Å². The largest absolute Gasteiger partial charge is 0.496 e. The molecule has 1 N–H and O–H groups in total. The minimum atomic E-state index is 0. The molecule has 0 bridgehead atoms. The number of halogens is 1. The Kier molecular flexibility index (Phi) is 9.79. The third kappa shape index (κ3) is 6.05. The van der Waals surface area contributed by atoms with Gasteiger partial charge in [0.05, 0.1) is 20.8 Å². The lowest BCUT2D eigenvalue weighted by Gasteiger charge is -2.23. The molecule has 6 nitrogen and oxygen atoms in total. The van der Waals surface area contributed by atoms with Crippen LogP contribution >= 0.6 is 24.0 Å². The van der Waals surface area contributed by atoms with Gasteiger partial charge in [0.1, 0.15) is 5.75 Å². The number of nitrogens with zero attached hydrogens (tertiary/aromatic N) is 3. The number of rotatable bonds is 7. The van der Waals surface area contributed by atoms with E-state index in [1.807, 2.05) is 37.4 Å². The lowest BCUT2D eigenvalue weighted by molar-refractivity contribution is 0.391. The zero-order chi connectivity index (χ0) is 18.1. The van der Waals surface area contributed by atoms with Crippen molar-refractivity contribution in [2.24, 2.45) is 4.99 Å². The molecule has 0 aliphatic rings. The standard InChI is InChI=1S/C19H26N4O2.HI/c1-5-20-19(22-13-15-10-8-12-21-18(15)25-4)23(2)14-16-9-6-7-11-17(16)24-3;/h6-12H,5,13-14H2,1-4H3,(H,20,22);1H. The number of pyridine rings is 1. The van der Waals surface area contributed by atoms with Crippen molar-refractivity contribution in [3.05, 3.63) is 53.7 Å². The second-order valence-electron chi connectivity index (χ2n) is 5.51. The van der Waals surface area contributed by atoms with Crippen LogP contribution in [0.2, 0.25) is 0 Å². The highest BCUT2D eigenvalue weighted by molar-refractivity contribution is 14.0. The summed E-state index contributed by atoms with van der Waals surface area (Å²) in [5.41, 5.74) is 2.06. The number of aliphatic imine (C=N–C) groups is 1. The number of methoxy groups -OCH3 is 2. The molecule has 0 radical (unpaired) electrons. The van der Waals surface area contributed by atoms with E-state index in [4.69, 9.17) is 14.5 Å². The third-order valence-corrected chi connectivity index (χ3v) is 3.74. The summed E-state index contributed by atoms with van der Waals surface area (Å²) < 4.78 is 10.7. The molecular formula is C19H27IN4O2. The van der Waals surface area contributed by atoms with Gasteiger partial charge in [-0.25, -0.2) is 9.98 Å². The lowest BCUT2D eigenvalue weighted by Crippen LogP contribution is -2.38. The number of para-hydroxylation sites is 1. The van der Waals surface area contributed by atoms with Gasteiger partial charge in [0.2, 0.25) is 5.88 Å². The molecule has 1 heterocycles. The SMILES string of the molecule is CCNC(=NCc1cccnc1OC)N(C)Cc1ccccc1OC.I. The molecule has 26 heavy (non-hydrogen) atoms. The van der Waals surface area contributed by atoms with Gasteiger partial charge >= 0.3 is 0 Å². The van der Waals surface area contributed by atoms with Crippen LogP contribution in [0.4, 0.5) is 0 Å². The van der Waals surface area contributed by atoms with Gasteiger partial charge in [-0.3, -0.25) is 0 Å². The smallest absolute Gasteiger partial charge is 0.218 e. The maximum absolute atomic E-state index is 5.43. The Morgan fingerprint density at radius 3 is 2.54 bits per heavy atom. The van der Waals surface area contributed by atoms with Gasteiger partial charge in [-0.05, 0) is 19.1 Å². The van der Waals surface area contributed by atoms with E-state index in [2.05, 4.69) is 28.2 Å². The maximum Gasteiger partial charge on any atom is 0.218 e. The van der Waals surface area contributed by atoms with Crippen molar-refractivity contribution in [3.8, 4) is 11.6 Å². The van der Waals surface area contributed by atoms with Crippen LogP contribution in [0.1, 0.15) is 18.1 Å². The molecule has 0 fully saturated rings. The Bertz CT molecular complexity index is 709. The topological polar surface area (TPSA) is 59.0 Å². The maximum atomic E-state index is 5.43. The number of guanidine groups is 1. The minimum absolute atomic E-state index is 0. The van der Waals surface area contributed by atoms with Gasteiger partial charge in [-0.1, -0.05) is 24.3 Å². The van der Waals surface area contributed by atoms with Crippen LogP contribution < -0.4 is 14.8 Å². The molecule has 2 rings (SSSR count). The quantitative estimate of drug-likeness (QED) is 0.382. The average molecular weight is 470 g/mol. The van der Waals surface area contributed by atoms with Gasteiger partial charge in [0, 0.05) is 37.5 Å². The van der Waals surface area contributed by atoms with E-state index in [0.29, 0.717) is 19.0 Å². The fraction of sp³-hybridized carbons (Fsp3) is 0.368. The van der Waals surface area contributed by atoms with Crippen molar-refractivity contribution in [3.63, 3.8) is 0 Å². The molecule has 0 saturated carbocycles. The predicted molar refractivity (Wildman–Crippen MR) is 115 cm³/mol. The summed E-state index contributed by atoms with van der Waals surface area (Å²) in [6.45, 7) is 4.03. The predicted octanol–water partition coefficient (Wildman–Crippen LogP) is 3.31. The van der Waals surface area contributed by atoms with E-state index in [0.717, 1.165) is 29.4 Å². The molecule has 2 aromatic rings. The third-order valence-electron chi connectivity index (χ3n) is 3.74. The van der Waals surface area contributed by atoms with Gasteiger partial charge in [0.15, 0.2) is 5.96 Å². The molecule has 0 saturated heterocycles. The van der Waals surface area contributed by atoms with Gasteiger partial charge in [0.25, 0.3) is 0 Å². The van der Waals surface area contributed by atoms with E-state index in [1.54, 1.807) is 20.4 Å². The van der Waals surface area contributed by atoms with Crippen molar-refractivity contribution in [2.75, 3.05) is 27.8 Å². The highest BCUT2D eigenvalue weighted by Gasteiger charge is 2.10. The highest BCUT2D eigenvalue weighted by atomic mass is 127. The second kappa shape index (κ2) is 11.6. The summed E-state index contributed by atoms with van der Waals surface area (Å²) in [4.78, 5) is 11.0. The average Bonchev–Trinajstić information content (AvgIpc) is 2.65. The molecule has 0 aliphatic carbocycles. The highest BCUT2D eigenvalue weighted by Crippen LogP contribution is 2.19. The molecule has 142 valence electrons. The Morgan fingerprint density at radius 2 is 1.85 bits per heavy atom. The number of hydrogen-bond donors (Lipinski definition) is 1. The van der Waals surface area contributed by atoms with Crippen molar-refractivity contribution >= 4 is 29.9 Å². The van der Waals surface area contributed by atoms with Crippen molar-refractivity contribution in [1.82, 2.24) is 15.2 Å². The molecule has 0 spiro atoms. The van der Waals surface area contributed by atoms with Crippen LogP contribution in [0.15, 0.2) is 47.6 Å². The lowest BCUT2D eigenvalue weighted by atomic mass is 10.2. The molecule has 1 aromatic heterocycles. The molecular weight excluding hydrogens is 443 g/mol. The van der Waals surface area contributed by atoms with E-state index >= 15 is 0 Å². The minimum Gasteiger partial charge on any atom is -0.496 e. The van der Waals surface area contributed by atoms with E-state index in [-0.39, 0.29) is 24.0 Å². The summed E-state index contributed by atoms with van der Waals surface area (Å²) in [5.74, 6) is 2.30. The molecule has 0 aliphatic heterocycles. The zero-order valence-electron chi connectivity index (χ0n) is 15.7. The van der Waals surface area contributed by atoms with E-state index < -0.39 is 0 Å². The van der Waals surface area contributed by atoms with E-state index in [9.17, 15) is 0 Å². The molecule has 0 unspecified atom stereocenters. The second-order valence-corrected chi connectivity index (χ2v) is 5.51. The molecule has 0 amide bonds. The Labute approximate surface area is 172 Å². The first kappa shape index (κ1) is 22.0. The number of hydrogen-bond acceptors (Lipinski definition) is 4. The Balaban J connectivity index is 0.00000338. The number of benzene rings is 1. The van der Waals surface area contributed by atoms with E-state index in [1.165, 1.54) is 0 Å². The normalized spacial score (nSPS) is 10.7. The number of nitrogens with one attached hydrogen (secondary N) is 1. The number of aromatic nitrogens is 1. The van der Waals surface area contributed by atoms with Crippen LogP contribution in [0.25, 0.3) is 0 Å². The summed E-state index contributed by atoms with van der Waals surface area (Å²) in [5, 5.41) is 3.32. The monoisotopic (exact) mass is 470 g/mol. The first-order chi connectivity index (χ1) is 12.2. The van der Waals surface area contributed by atoms with Crippen LogP contribution in [-0.4, -0.2) is 43.7 Å². The van der Waals surface area contributed by atoms with Gasteiger partial charge in [-0.2, -0.15) is 0 Å². The molecule has 1 aromatic carbocycles. The van der Waals surface area contributed by atoms with Gasteiger partial charge < -0.3 is 19.7 Å². The molecule has 0 atom stereocenters. The van der Waals surface area contributed by atoms with Crippen molar-refractivity contribution in [1.29, 1.82) is 0 Å². The zero-order valence-corrected chi connectivity index (χ0v) is 18.1. The van der Waals surface area contributed by atoms with Crippen molar-refractivity contribution in [2.45, 2.75) is 20.0 Å². The summed E-state index contributed by atoms with van der Waals surface area (Å²) in [6, 6.07) is 11.9. The van der Waals surface area contributed by atoms with Crippen LogP contribution in [0.3, 0.4) is 0 Å².